The number of fused-ring (bicyclic) bond motifs is 1. The molecule has 1 fully saturated rings. The van der Waals surface area contributed by atoms with E-state index in [1.54, 1.807) is 19.2 Å². The summed E-state index contributed by atoms with van der Waals surface area (Å²) in [4.78, 5) is 17.1. The van der Waals surface area contributed by atoms with E-state index in [1.807, 2.05) is 11.0 Å². The van der Waals surface area contributed by atoms with Crippen molar-refractivity contribution < 1.29 is 19.0 Å². The van der Waals surface area contributed by atoms with Gasteiger partial charge in [0.2, 0.25) is 6.79 Å². The summed E-state index contributed by atoms with van der Waals surface area (Å²) in [6.45, 7) is 7.59. The fourth-order valence-electron chi connectivity index (χ4n) is 3.37. The molecule has 1 aromatic carbocycles. The number of hydrogen-bond acceptors (Lipinski definition) is 5. The number of carbonyl (C=O) groups excluding carboxylic acids is 1. The molecule has 2 atom stereocenters. The van der Waals surface area contributed by atoms with Gasteiger partial charge in [0.25, 0.3) is 5.91 Å². The van der Waals surface area contributed by atoms with Gasteiger partial charge in [-0.05, 0) is 32.0 Å². The molecule has 0 aromatic heterocycles. The van der Waals surface area contributed by atoms with Crippen molar-refractivity contribution in [3.05, 3.63) is 23.8 Å². The van der Waals surface area contributed by atoms with Crippen LogP contribution in [0.2, 0.25) is 0 Å². The number of hydrogen-bond donors (Lipinski definition) is 0. The quantitative estimate of drug-likeness (QED) is 0.843. The molecule has 0 spiro atoms. The zero-order valence-electron chi connectivity index (χ0n) is 13.9. The lowest BCUT2D eigenvalue weighted by Crippen LogP contribution is -2.58. The highest BCUT2D eigenvalue weighted by molar-refractivity contribution is 5.95. The van der Waals surface area contributed by atoms with Crippen LogP contribution in [0.3, 0.4) is 0 Å². The highest BCUT2D eigenvalue weighted by Gasteiger charge is 2.32. The number of piperazine rings is 1. The fourth-order valence-corrected chi connectivity index (χ4v) is 3.37. The summed E-state index contributed by atoms with van der Waals surface area (Å²) < 4.78 is 15.8. The van der Waals surface area contributed by atoms with Gasteiger partial charge in [0.1, 0.15) is 0 Å². The Kier molecular flexibility index (Phi) is 4.73. The third kappa shape index (κ3) is 3.28. The highest BCUT2D eigenvalue weighted by Crippen LogP contribution is 2.33. The van der Waals surface area contributed by atoms with Crippen molar-refractivity contribution in [2.45, 2.75) is 25.9 Å². The van der Waals surface area contributed by atoms with Crippen molar-refractivity contribution in [3.63, 3.8) is 0 Å². The van der Waals surface area contributed by atoms with E-state index in [9.17, 15) is 4.79 Å². The van der Waals surface area contributed by atoms with E-state index in [1.165, 1.54) is 0 Å². The molecule has 2 aliphatic heterocycles. The number of carbonyl (C=O) groups is 1. The zero-order chi connectivity index (χ0) is 16.4. The van der Waals surface area contributed by atoms with Gasteiger partial charge in [-0.25, -0.2) is 0 Å². The van der Waals surface area contributed by atoms with Crippen LogP contribution in [0.4, 0.5) is 0 Å². The first-order chi connectivity index (χ1) is 11.1. The molecule has 1 saturated heterocycles. The van der Waals surface area contributed by atoms with Gasteiger partial charge in [-0.2, -0.15) is 0 Å². The van der Waals surface area contributed by atoms with Crippen LogP contribution in [0.25, 0.3) is 0 Å². The molecule has 1 amide bonds. The standard InChI is InChI=1S/C17H24N2O4/c1-12-9-18(10-13(2)19(12)6-7-21-3)17(20)14-4-5-15-16(8-14)23-11-22-15/h4-5,8,12-13H,6-7,9-11H2,1-3H3. The highest BCUT2D eigenvalue weighted by atomic mass is 16.7. The third-order valence-electron chi connectivity index (χ3n) is 4.56. The van der Waals surface area contributed by atoms with Gasteiger partial charge in [0.05, 0.1) is 6.61 Å². The second-order valence-corrected chi connectivity index (χ2v) is 6.21. The van der Waals surface area contributed by atoms with E-state index in [4.69, 9.17) is 14.2 Å². The van der Waals surface area contributed by atoms with Crippen molar-refractivity contribution in [2.24, 2.45) is 0 Å². The fraction of sp³-hybridized carbons (Fsp3) is 0.588. The van der Waals surface area contributed by atoms with Crippen LogP contribution >= 0.6 is 0 Å². The largest absolute Gasteiger partial charge is 0.454 e. The molecule has 2 aliphatic rings. The summed E-state index contributed by atoms with van der Waals surface area (Å²) in [5.41, 5.74) is 0.652. The van der Waals surface area contributed by atoms with Gasteiger partial charge in [0.15, 0.2) is 11.5 Å². The lowest BCUT2D eigenvalue weighted by Gasteiger charge is -2.44. The Morgan fingerprint density at radius 2 is 1.91 bits per heavy atom. The van der Waals surface area contributed by atoms with Gasteiger partial charge in [-0.3, -0.25) is 9.69 Å². The molecule has 6 heteroatoms. The molecule has 0 saturated carbocycles. The molecule has 6 nitrogen and oxygen atoms in total. The van der Waals surface area contributed by atoms with Crippen molar-refractivity contribution in [1.29, 1.82) is 0 Å². The van der Waals surface area contributed by atoms with E-state index in [0.29, 0.717) is 35.8 Å². The maximum absolute atomic E-state index is 12.8. The molecule has 0 radical (unpaired) electrons. The molecule has 23 heavy (non-hydrogen) atoms. The van der Waals surface area contributed by atoms with Gasteiger partial charge >= 0.3 is 0 Å². The molecule has 126 valence electrons. The summed E-state index contributed by atoms with van der Waals surface area (Å²) in [6, 6.07) is 6.01. The number of amides is 1. The molecule has 0 bridgehead atoms. The van der Waals surface area contributed by atoms with Crippen LogP contribution < -0.4 is 9.47 Å². The minimum atomic E-state index is 0.0494. The Labute approximate surface area is 136 Å². The lowest BCUT2D eigenvalue weighted by molar-refractivity contribution is 0.0193. The Balaban J connectivity index is 1.69. The average Bonchev–Trinajstić information content (AvgIpc) is 3.00. The lowest BCUT2D eigenvalue weighted by atomic mass is 10.1. The Bertz CT molecular complexity index is 566. The number of methoxy groups -OCH3 is 1. The second kappa shape index (κ2) is 6.76. The maximum Gasteiger partial charge on any atom is 0.254 e. The van der Waals surface area contributed by atoms with Crippen LogP contribution in [0.5, 0.6) is 11.5 Å². The van der Waals surface area contributed by atoms with Crippen LogP contribution in [-0.4, -0.2) is 67.9 Å². The molecular formula is C17H24N2O4. The summed E-state index contributed by atoms with van der Waals surface area (Å²) in [7, 11) is 1.72. The minimum Gasteiger partial charge on any atom is -0.454 e. The van der Waals surface area contributed by atoms with Crippen LogP contribution in [0, 0.1) is 0 Å². The van der Waals surface area contributed by atoms with Gasteiger partial charge in [0, 0.05) is 44.4 Å². The molecule has 2 heterocycles. The van der Waals surface area contributed by atoms with Crippen LogP contribution in [0.1, 0.15) is 24.2 Å². The summed E-state index contributed by atoms with van der Waals surface area (Å²) in [5.74, 6) is 1.40. The predicted molar refractivity (Wildman–Crippen MR) is 86.0 cm³/mol. The molecule has 0 aliphatic carbocycles. The number of nitrogens with zero attached hydrogens (tertiary/aromatic N) is 2. The van der Waals surface area contributed by atoms with E-state index >= 15 is 0 Å². The molecule has 2 unspecified atom stereocenters. The van der Waals surface area contributed by atoms with E-state index in [-0.39, 0.29) is 12.7 Å². The van der Waals surface area contributed by atoms with Crippen molar-refractivity contribution >= 4 is 5.91 Å². The van der Waals surface area contributed by atoms with Crippen molar-refractivity contribution in [3.8, 4) is 11.5 Å². The van der Waals surface area contributed by atoms with Gasteiger partial charge < -0.3 is 19.1 Å². The van der Waals surface area contributed by atoms with E-state index in [0.717, 1.165) is 19.6 Å². The first-order valence-electron chi connectivity index (χ1n) is 8.03. The Hall–Kier alpha value is -1.79. The third-order valence-corrected chi connectivity index (χ3v) is 4.56. The van der Waals surface area contributed by atoms with Crippen molar-refractivity contribution in [1.82, 2.24) is 9.80 Å². The predicted octanol–water partition coefficient (Wildman–Crippen LogP) is 1.60. The Morgan fingerprint density at radius 3 is 2.61 bits per heavy atom. The zero-order valence-corrected chi connectivity index (χ0v) is 13.9. The smallest absolute Gasteiger partial charge is 0.254 e. The van der Waals surface area contributed by atoms with Crippen molar-refractivity contribution in [2.75, 3.05) is 40.1 Å². The molecular weight excluding hydrogens is 296 g/mol. The summed E-state index contributed by atoms with van der Waals surface area (Å²) in [5, 5.41) is 0. The molecule has 3 rings (SSSR count). The monoisotopic (exact) mass is 320 g/mol. The minimum absolute atomic E-state index is 0.0494. The number of rotatable bonds is 4. The van der Waals surface area contributed by atoms with E-state index < -0.39 is 0 Å². The average molecular weight is 320 g/mol. The first kappa shape index (κ1) is 16.1. The second-order valence-electron chi connectivity index (χ2n) is 6.21. The van der Waals surface area contributed by atoms with Crippen LogP contribution in [0.15, 0.2) is 18.2 Å². The van der Waals surface area contributed by atoms with Crippen LogP contribution in [-0.2, 0) is 4.74 Å². The topological polar surface area (TPSA) is 51.2 Å². The molecule has 0 N–H and O–H groups in total. The Morgan fingerprint density at radius 1 is 1.22 bits per heavy atom. The SMILES string of the molecule is COCCN1C(C)CN(C(=O)c2ccc3c(c2)OCO3)CC1C. The first-order valence-corrected chi connectivity index (χ1v) is 8.03. The van der Waals surface area contributed by atoms with Gasteiger partial charge in [-0.15, -0.1) is 0 Å². The number of ether oxygens (including phenoxy) is 3. The normalized spacial score (nSPS) is 24.0. The van der Waals surface area contributed by atoms with Gasteiger partial charge in [-0.1, -0.05) is 0 Å². The van der Waals surface area contributed by atoms with E-state index in [2.05, 4.69) is 18.7 Å². The molecule has 1 aromatic rings. The number of benzene rings is 1. The summed E-state index contributed by atoms with van der Waals surface area (Å²) in [6.07, 6.45) is 0. The summed E-state index contributed by atoms with van der Waals surface area (Å²) >= 11 is 0. The maximum atomic E-state index is 12.8.